The molecular formula is C18H25N3O. The maximum Gasteiger partial charge on any atom is 0.227 e. The summed E-state index contributed by atoms with van der Waals surface area (Å²) in [6.07, 6.45) is 5.96. The summed E-state index contributed by atoms with van der Waals surface area (Å²) in [7, 11) is 4.16. The monoisotopic (exact) mass is 299 g/mol. The number of aromatic amines is 1. The van der Waals surface area contributed by atoms with Crippen molar-refractivity contribution in [3.8, 4) is 0 Å². The van der Waals surface area contributed by atoms with Gasteiger partial charge in [-0.25, -0.2) is 0 Å². The van der Waals surface area contributed by atoms with Gasteiger partial charge in [0, 0.05) is 36.2 Å². The lowest BCUT2D eigenvalue weighted by molar-refractivity contribution is -0.134. The number of piperidine rings is 1. The molecule has 1 fully saturated rings. The first-order valence-corrected chi connectivity index (χ1v) is 8.14. The van der Waals surface area contributed by atoms with Crippen LogP contribution in [0.5, 0.6) is 0 Å². The van der Waals surface area contributed by atoms with Gasteiger partial charge in [0.2, 0.25) is 5.91 Å². The van der Waals surface area contributed by atoms with Crippen LogP contribution in [0.4, 0.5) is 0 Å². The molecule has 0 aliphatic carbocycles. The molecule has 0 radical (unpaired) electrons. The zero-order valence-corrected chi connectivity index (χ0v) is 13.5. The lowest BCUT2D eigenvalue weighted by Crippen LogP contribution is -2.48. The number of likely N-dealkylation sites (N-methyl/N-ethyl adjacent to an activating group) is 1. The summed E-state index contributed by atoms with van der Waals surface area (Å²) >= 11 is 0. The van der Waals surface area contributed by atoms with E-state index >= 15 is 0 Å². The minimum absolute atomic E-state index is 0.260. The third-order valence-electron chi connectivity index (χ3n) is 4.54. The van der Waals surface area contributed by atoms with E-state index in [4.69, 9.17) is 0 Å². The SMILES string of the molecule is CN(C)C[C@H]1CCCCN1C(=O)Cc1c[nH]c2ccccc12. The van der Waals surface area contributed by atoms with Crippen LogP contribution in [0.1, 0.15) is 24.8 Å². The highest BCUT2D eigenvalue weighted by Gasteiger charge is 2.27. The third-order valence-corrected chi connectivity index (χ3v) is 4.54. The molecule has 0 saturated carbocycles. The van der Waals surface area contributed by atoms with E-state index in [0.717, 1.165) is 42.4 Å². The molecule has 1 amide bonds. The maximum absolute atomic E-state index is 12.8. The van der Waals surface area contributed by atoms with E-state index in [-0.39, 0.29) is 5.91 Å². The number of H-pyrrole nitrogens is 1. The zero-order chi connectivity index (χ0) is 15.5. The summed E-state index contributed by atoms with van der Waals surface area (Å²) in [5, 5.41) is 1.16. The normalized spacial score (nSPS) is 19.0. The molecule has 1 N–H and O–H groups in total. The van der Waals surface area contributed by atoms with E-state index in [0.29, 0.717) is 12.5 Å². The summed E-state index contributed by atoms with van der Waals surface area (Å²) in [5.41, 5.74) is 2.21. The molecule has 3 rings (SSSR count). The fourth-order valence-electron chi connectivity index (χ4n) is 3.48. The van der Waals surface area contributed by atoms with Crippen molar-refractivity contribution in [2.24, 2.45) is 0 Å². The number of carbonyl (C=O) groups is 1. The van der Waals surface area contributed by atoms with Crippen LogP contribution in [0.15, 0.2) is 30.5 Å². The number of aromatic nitrogens is 1. The van der Waals surface area contributed by atoms with Crippen molar-refractivity contribution in [2.45, 2.75) is 31.7 Å². The van der Waals surface area contributed by atoms with E-state index in [1.165, 1.54) is 6.42 Å². The Morgan fingerprint density at radius 2 is 2.14 bits per heavy atom. The minimum Gasteiger partial charge on any atom is -0.361 e. The van der Waals surface area contributed by atoms with Crippen molar-refractivity contribution >= 4 is 16.8 Å². The molecule has 118 valence electrons. The molecule has 1 atom stereocenters. The van der Waals surface area contributed by atoms with Crippen LogP contribution >= 0.6 is 0 Å². The summed E-state index contributed by atoms with van der Waals surface area (Å²) < 4.78 is 0. The number of hydrogen-bond donors (Lipinski definition) is 1. The average Bonchev–Trinajstić information content (AvgIpc) is 2.90. The van der Waals surface area contributed by atoms with Crippen molar-refractivity contribution in [1.29, 1.82) is 0 Å². The molecule has 1 aromatic carbocycles. The number of para-hydroxylation sites is 1. The Labute approximate surface area is 132 Å². The molecule has 1 aromatic heterocycles. The number of carbonyl (C=O) groups excluding carboxylic acids is 1. The van der Waals surface area contributed by atoms with Crippen LogP contribution in [0.25, 0.3) is 10.9 Å². The first kappa shape index (κ1) is 15.1. The Bertz CT molecular complexity index is 647. The fourth-order valence-corrected chi connectivity index (χ4v) is 3.48. The summed E-state index contributed by atoms with van der Waals surface area (Å²) in [6.45, 7) is 1.86. The Hall–Kier alpha value is -1.81. The molecule has 1 aliphatic heterocycles. The molecule has 0 unspecified atom stereocenters. The molecule has 22 heavy (non-hydrogen) atoms. The van der Waals surface area contributed by atoms with Gasteiger partial charge in [0.25, 0.3) is 0 Å². The number of likely N-dealkylation sites (tertiary alicyclic amines) is 1. The van der Waals surface area contributed by atoms with Gasteiger partial charge in [-0.3, -0.25) is 4.79 Å². The van der Waals surface area contributed by atoms with Crippen molar-refractivity contribution < 1.29 is 4.79 Å². The van der Waals surface area contributed by atoms with Gasteiger partial charge in [0.15, 0.2) is 0 Å². The highest BCUT2D eigenvalue weighted by atomic mass is 16.2. The second-order valence-electron chi connectivity index (χ2n) is 6.54. The van der Waals surface area contributed by atoms with Gasteiger partial charge in [-0.1, -0.05) is 18.2 Å². The van der Waals surface area contributed by atoms with E-state index < -0.39 is 0 Å². The third kappa shape index (κ3) is 3.17. The Kier molecular flexibility index (Phi) is 4.48. The standard InChI is InChI=1S/C18H25N3O/c1-20(2)13-15-7-5-6-10-21(15)18(22)11-14-12-19-17-9-4-3-8-16(14)17/h3-4,8-9,12,15,19H,5-7,10-11,13H2,1-2H3/t15-/m1/s1. The van der Waals surface area contributed by atoms with E-state index in [1.807, 2.05) is 18.3 Å². The van der Waals surface area contributed by atoms with Crippen LogP contribution in [-0.2, 0) is 11.2 Å². The summed E-state index contributed by atoms with van der Waals surface area (Å²) in [4.78, 5) is 20.3. The molecule has 4 heteroatoms. The predicted octanol–water partition coefficient (Wildman–Crippen LogP) is 2.65. The Morgan fingerprint density at radius 3 is 2.95 bits per heavy atom. The maximum atomic E-state index is 12.8. The minimum atomic E-state index is 0.260. The van der Waals surface area contributed by atoms with Gasteiger partial charge >= 0.3 is 0 Å². The lowest BCUT2D eigenvalue weighted by Gasteiger charge is -2.37. The second kappa shape index (κ2) is 6.53. The average molecular weight is 299 g/mol. The summed E-state index contributed by atoms with van der Waals surface area (Å²) in [6, 6.07) is 8.55. The van der Waals surface area contributed by atoms with E-state index in [2.05, 4.69) is 41.0 Å². The quantitative estimate of drug-likeness (QED) is 0.942. The van der Waals surface area contributed by atoms with Gasteiger partial charge < -0.3 is 14.8 Å². The number of fused-ring (bicyclic) bond motifs is 1. The van der Waals surface area contributed by atoms with Gasteiger partial charge in [-0.15, -0.1) is 0 Å². The molecule has 4 nitrogen and oxygen atoms in total. The molecule has 2 aromatic rings. The van der Waals surface area contributed by atoms with Crippen molar-refractivity contribution in [3.05, 3.63) is 36.0 Å². The largest absolute Gasteiger partial charge is 0.361 e. The predicted molar refractivity (Wildman–Crippen MR) is 89.9 cm³/mol. The molecule has 0 spiro atoms. The van der Waals surface area contributed by atoms with Crippen molar-refractivity contribution in [2.75, 3.05) is 27.2 Å². The smallest absolute Gasteiger partial charge is 0.227 e. The highest BCUT2D eigenvalue weighted by Crippen LogP contribution is 2.22. The van der Waals surface area contributed by atoms with E-state index in [1.54, 1.807) is 0 Å². The van der Waals surface area contributed by atoms with Gasteiger partial charge in [-0.05, 0) is 45.0 Å². The first-order chi connectivity index (χ1) is 10.6. The Morgan fingerprint density at radius 1 is 1.32 bits per heavy atom. The van der Waals surface area contributed by atoms with E-state index in [9.17, 15) is 4.79 Å². The van der Waals surface area contributed by atoms with Crippen LogP contribution in [0.2, 0.25) is 0 Å². The number of benzene rings is 1. The van der Waals surface area contributed by atoms with Gasteiger partial charge in [-0.2, -0.15) is 0 Å². The molecule has 2 heterocycles. The fraction of sp³-hybridized carbons (Fsp3) is 0.500. The molecular weight excluding hydrogens is 274 g/mol. The van der Waals surface area contributed by atoms with Crippen LogP contribution < -0.4 is 0 Å². The van der Waals surface area contributed by atoms with Crippen molar-refractivity contribution in [3.63, 3.8) is 0 Å². The number of nitrogens with zero attached hydrogens (tertiary/aromatic N) is 2. The van der Waals surface area contributed by atoms with Gasteiger partial charge in [0.05, 0.1) is 6.42 Å². The Balaban J connectivity index is 1.75. The number of amides is 1. The molecule has 0 bridgehead atoms. The number of rotatable bonds is 4. The summed E-state index contributed by atoms with van der Waals surface area (Å²) in [5.74, 6) is 0.260. The zero-order valence-electron chi connectivity index (χ0n) is 13.5. The second-order valence-corrected chi connectivity index (χ2v) is 6.54. The molecule has 1 aliphatic rings. The van der Waals surface area contributed by atoms with Gasteiger partial charge in [0.1, 0.15) is 0 Å². The highest BCUT2D eigenvalue weighted by molar-refractivity contribution is 5.89. The number of hydrogen-bond acceptors (Lipinski definition) is 2. The first-order valence-electron chi connectivity index (χ1n) is 8.14. The van der Waals surface area contributed by atoms with Crippen LogP contribution in [0.3, 0.4) is 0 Å². The lowest BCUT2D eigenvalue weighted by atomic mass is 10.00. The van der Waals surface area contributed by atoms with Crippen LogP contribution in [0, 0.1) is 0 Å². The topological polar surface area (TPSA) is 39.3 Å². The number of nitrogens with one attached hydrogen (secondary N) is 1. The van der Waals surface area contributed by atoms with Crippen molar-refractivity contribution in [1.82, 2.24) is 14.8 Å². The molecule has 1 saturated heterocycles. The van der Waals surface area contributed by atoms with Crippen LogP contribution in [-0.4, -0.2) is 53.9 Å².